The first-order valence-electron chi connectivity index (χ1n) is 14.7. The Labute approximate surface area is 247 Å². The van der Waals surface area contributed by atoms with Crippen LogP contribution in [0.1, 0.15) is 40.7 Å². The Morgan fingerprint density at radius 1 is 0.976 bits per heavy atom. The van der Waals surface area contributed by atoms with Crippen LogP contribution >= 0.6 is 0 Å². The molecule has 3 N–H and O–H groups in total. The summed E-state index contributed by atoms with van der Waals surface area (Å²) in [7, 11) is 0. The minimum Gasteiger partial charge on any atom is -0.410 e. The molecule has 2 saturated heterocycles. The number of pyridine rings is 1. The van der Waals surface area contributed by atoms with Gasteiger partial charge in [0.05, 0.1) is 13.2 Å². The molecule has 10 heteroatoms. The molecule has 2 aromatic carbocycles. The topological polar surface area (TPSA) is 108 Å². The minimum absolute atomic E-state index is 0.207. The van der Waals surface area contributed by atoms with Crippen molar-refractivity contribution in [3.63, 3.8) is 0 Å². The SMILES string of the molecule is Cc1ccc(NC(=O)Oc2ccnc(N3CCOCC3)c2)cc1NC(=O)c1cccc(CNCCCN2CCCC2)c1. The van der Waals surface area contributed by atoms with Crippen LogP contribution in [0.2, 0.25) is 0 Å². The highest BCUT2D eigenvalue weighted by Crippen LogP contribution is 2.23. The lowest BCUT2D eigenvalue weighted by Gasteiger charge is -2.27. The number of amides is 2. The van der Waals surface area contributed by atoms with Crippen molar-refractivity contribution in [1.29, 1.82) is 0 Å². The predicted octanol–water partition coefficient (Wildman–Crippen LogP) is 4.67. The Kier molecular flexibility index (Phi) is 10.4. The van der Waals surface area contributed by atoms with Crippen LogP contribution in [0, 0.1) is 6.92 Å². The third-order valence-electron chi connectivity index (χ3n) is 7.54. The van der Waals surface area contributed by atoms with Gasteiger partial charge in [0, 0.05) is 48.8 Å². The van der Waals surface area contributed by atoms with Crippen LogP contribution in [0.15, 0.2) is 60.8 Å². The molecule has 0 radical (unpaired) electrons. The molecule has 42 heavy (non-hydrogen) atoms. The molecule has 2 aliphatic rings. The van der Waals surface area contributed by atoms with Crippen molar-refractivity contribution in [2.75, 3.05) is 68.0 Å². The molecular formula is C32H40N6O4. The number of nitrogens with zero attached hydrogens (tertiary/aromatic N) is 3. The molecule has 2 amide bonds. The van der Waals surface area contributed by atoms with Crippen molar-refractivity contribution in [3.05, 3.63) is 77.5 Å². The molecule has 3 heterocycles. The number of aromatic nitrogens is 1. The zero-order valence-electron chi connectivity index (χ0n) is 24.2. The number of ether oxygens (including phenoxy) is 2. The number of nitrogens with one attached hydrogen (secondary N) is 3. The van der Waals surface area contributed by atoms with E-state index in [2.05, 4.69) is 30.7 Å². The fourth-order valence-electron chi connectivity index (χ4n) is 5.20. The van der Waals surface area contributed by atoms with E-state index >= 15 is 0 Å². The number of aryl methyl sites for hydroxylation is 1. The first-order valence-corrected chi connectivity index (χ1v) is 14.7. The molecule has 0 saturated carbocycles. The molecule has 0 atom stereocenters. The van der Waals surface area contributed by atoms with E-state index in [4.69, 9.17) is 9.47 Å². The lowest BCUT2D eigenvalue weighted by Crippen LogP contribution is -2.36. The highest BCUT2D eigenvalue weighted by atomic mass is 16.6. The number of rotatable bonds is 11. The molecule has 0 aliphatic carbocycles. The summed E-state index contributed by atoms with van der Waals surface area (Å²) in [4.78, 5) is 34.8. The van der Waals surface area contributed by atoms with Gasteiger partial charge in [0.15, 0.2) is 0 Å². The van der Waals surface area contributed by atoms with Gasteiger partial charge in [-0.1, -0.05) is 18.2 Å². The first kappa shape index (κ1) is 29.5. The van der Waals surface area contributed by atoms with Crippen molar-refractivity contribution in [2.24, 2.45) is 0 Å². The number of carbonyl (C=O) groups is 2. The summed E-state index contributed by atoms with van der Waals surface area (Å²) in [6.45, 7) is 9.91. The molecule has 1 aromatic heterocycles. The van der Waals surface area contributed by atoms with Crippen LogP contribution in [0.25, 0.3) is 0 Å². The van der Waals surface area contributed by atoms with E-state index in [0.717, 1.165) is 49.5 Å². The van der Waals surface area contributed by atoms with Crippen molar-refractivity contribution in [2.45, 2.75) is 32.7 Å². The second-order valence-electron chi connectivity index (χ2n) is 10.7. The lowest BCUT2D eigenvalue weighted by atomic mass is 10.1. The summed E-state index contributed by atoms with van der Waals surface area (Å²) in [6, 6.07) is 16.4. The van der Waals surface area contributed by atoms with Crippen molar-refractivity contribution in [3.8, 4) is 5.75 Å². The first-order chi connectivity index (χ1) is 20.5. The minimum atomic E-state index is -0.629. The van der Waals surface area contributed by atoms with E-state index in [1.165, 1.54) is 25.9 Å². The third-order valence-corrected chi connectivity index (χ3v) is 7.54. The quantitative estimate of drug-likeness (QED) is 0.285. The van der Waals surface area contributed by atoms with E-state index in [1.807, 2.05) is 31.2 Å². The van der Waals surface area contributed by atoms with Crippen LogP contribution in [-0.2, 0) is 11.3 Å². The molecule has 2 aliphatic heterocycles. The van der Waals surface area contributed by atoms with Crippen molar-refractivity contribution < 1.29 is 19.1 Å². The highest BCUT2D eigenvalue weighted by Gasteiger charge is 2.15. The number of anilines is 3. The Bertz CT molecular complexity index is 1350. The summed E-state index contributed by atoms with van der Waals surface area (Å²) in [5.74, 6) is 0.924. The van der Waals surface area contributed by atoms with Gasteiger partial charge in [0.2, 0.25) is 0 Å². The van der Waals surface area contributed by atoms with Gasteiger partial charge < -0.3 is 29.9 Å². The van der Waals surface area contributed by atoms with Gasteiger partial charge in [-0.25, -0.2) is 9.78 Å². The van der Waals surface area contributed by atoms with E-state index in [-0.39, 0.29) is 5.91 Å². The normalized spacial score (nSPS) is 15.4. The molecular weight excluding hydrogens is 532 g/mol. The highest BCUT2D eigenvalue weighted by molar-refractivity contribution is 6.05. The van der Waals surface area contributed by atoms with Gasteiger partial charge in [-0.3, -0.25) is 10.1 Å². The van der Waals surface area contributed by atoms with E-state index in [9.17, 15) is 9.59 Å². The van der Waals surface area contributed by atoms with Gasteiger partial charge >= 0.3 is 6.09 Å². The summed E-state index contributed by atoms with van der Waals surface area (Å²) < 4.78 is 10.9. The fraction of sp³-hybridized carbons (Fsp3) is 0.406. The molecule has 0 bridgehead atoms. The van der Waals surface area contributed by atoms with Crippen LogP contribution in [0.4, 0.5) is 22.0 Å². The number of morpholine rings is 1. The third kappa shape index (κ3) is 8.51. The average molecular weight is 573 g/mol. The van der Waals surface area contributed by atoms with Crippen molar-refractivity contribution >= 4 is 29.2 Å². The summed E-state index contributed by atoms with van der Waals surface area (Å²) in [6.07, 6.45) is 4.75. The average Bonchev–Trinajstić information content (AvgIpc) is 3.53. The summed E-state index contributed by atoms with van der Waals surface area (Å²) in [5.41, 5.74) is 3.64. The van der Waals surface area contributed by atoms with Gasteiger partial charge in [-0.15, -0.1) is 0 Å². The number of carbonyl (C=O) groups excluding carboxylic acids is 2. The molecule has 5 rings (SSSR count). The van der Waals surface area contributed by atoms with Gasteiger partial charge in [0.25, 0.3) is 5.91 Å². The van der Waals surface area contributed by atoms with Gasteiger partial charge in [0.1, 0.15) is 11.6 Å². The predicted molar refractivity (Wildman–Crippen MR) is 164 cm³/mol. The van der Waals surface area contributed by atoms with Crippen LogP contribution < -0.4 is 25.6 Å². The number of likely N-dealkylation sites (tertiary alicyclic amines) is 1. The zero-order chi connectivity index (χ0) is 29.1. The molecule has 0 spiro atoms. The Morgan fingerprint density at radius 2 is 1.81 bits per heavy atom. The number of hydrogen-bond donors (Lipinski definition) is 3. The smallest absolute Gasteiger partial charge is 0.410 e. The van der Waals surface area contributed by atoms with E-state index in [0.29, 0.717) is 42.4 Å². The Balaban J connectivity index is 1.13. The monoisotopic (exact) mass is 572 g/mol. The second-order valence-corrected chi connectivity index (χ2v) is 10.7. The summed E-state index contributed by atoms with van der Waals surface area (Å²) >= 11 is 0. The molecule has 0 unspecified atom stereocenters. The second kappa shape index (κ2) is 14.8. The number of benzene rings is 2. The Morgan fingerprint density at radius 3 is 2.64 bits per heavy atom. The largest absolute Gasteiger partial charge is 0.417 e. The molecule has 2 fully saturated rings. The van der Waals surface area contributed by atoms with E-state index < -0.39 is 6.09 Å². The molecule has 10 nitrogen and oxygen atoms in total. The molecule has 222 valence electrons. The van der Waals surface area contributed by atoms with Gasteiger partial charge in [-0.05, 0) is 93.8 Å². The van der Waals surface area contributed by atoms with Crippen LogP contribution in [0.5, 0.6) is 5.75 Å². The van der Waals surface area contributed by atoms with Gasteiger partial charge in [-0.2, -0.15) is 0 Å². The maximum atomic E-state index is 13.1. The maximum absolute atomic E-state index is 13.1. The van der Waals surface area contributed by atoms with Crippen LogP contribution in [0.3, 0.4) is 0 Å². The standard InChI is InChI=1S/C32H40N6O4/c1-24-8-9-27(35-32(40)42-28-10-12-34-30(22-28)38-16-18-41-19-17-38)21-29(24)36-31(39)26-7-4-6-25(20-26)23-33-11-5-15-37-13-2-3-14-37/h4,6-10,12,20-22,33H,2-3,5,11,13-19,23H2,1H3,(H,35,40)(H,36,39). The molecule has 3 aromatic rings. The zero-order valence-corrected chi connectivity index (χ0v) is 24.2. The maximum Gasteiger partial charge on any atom is 0.417 e. The van der Waals surface area contributed by atoms with Crippen molar-refractivity contribution in [1.82, 2.24) is 15.2 Å². The Hall–Kier alpha value is -3.99. The van der Waals surface area contributed by atoms with E-state index in [1.54, 1.807) is 36.5 Å². The fourth-order valence-corrected chi connectivity index (χ4v) is 5.20. The van der Waals surface area contributed by atoms with Crippen LogP contribution in [-0.4, -0.2) is 74.4 Å². The number of hydrogen-bond acceptors (Lipinski definition) is 8. The summed E-state index contributed by atoms with van der Waals surface area (Å²) in [5, 5.41) is 9.23. The lowest BCUT2D eigenvalue weighted by molar-refractivity contribution is 0.102.